The van der Waals surface area contributed by atoms with Crippen LogP contribution in [-0.2, 0) is 11.2 Å². The maximum atomic E-state index is 12.2. The minimum Gasteiger partial charge on any atom is -0.310 e. The van der Waals surface area contributed by atoms with Gasteiger partial charge in [0.25, 0.3) is 0 Å². The number of carbonyl (C=O) groups is 1. The molecule has 1 aromatic carbocycles. The number of benzene rings is 1. The van der Waals surface area contributed by atoms with Gasteiger partial charge < -0.3 is 5.32 Å². The van der Waals surface area contributed by atoms with Gasteiger partial charge in [0.2, 0.25) is 5.91 Å². The Balaban J connectivity index is 1.70. The Kier molecular flexibility index (Phi) is 4.51. The van der Waals surface area contributed by atoms with E-state index in [0.717, 1.165) is 28.3 Å². The van der Waals surface area contributed by atoms with Crippen LogP contribution in [0.15, 0.2) is 42.9 Å². The van der Waals surface area contributed by atoms with Crippen molar-refractivity contribution < 1.29 is 4.79 Å². The number of amides is 1. The molecule has 4 rings (SSSR count). The van der Waals surface area contributed by atoms with Crippen molar-refractivity contribution in [2.75, 3.05) is 5.32 Å². The van der Waals surface area contributed by atoms with Crippen LogP contribution in [0.4, 0.5) is 5.82 Å². The van der Waals surface area contributed by atoms with Crippen molar-refractivity contribution in [1.29, 1.82) is 5.26 Å². The molecule has 2 unspecified atom stereocenters. The van der Waals surface area contributed by atoms with Gasteiger partial charge in [-0.3, -0.25) is 9.78 Å². The van der Waals surface area contributed by atoms with Gasteiger partial charge in [0.05, 0.1) is 22.9 Å². The number of hydrogen-bond donors (Lipinski definition) is 1. The minimum atomic E-state index is -0.232. The predicted octanol–water partition coefficient (Wildman–Crippen LogP) is 4.61. The zero-order valence-electron chi connectivity index (χ0n) is 14.7. The quantitative estimate of drug-likeness (QED) is 0.721. The summed E-state index contributed by atoms with van der Waals surface area (Å²) in [5.41, 5.74) is 3.22. The Labute approximate surface area is 162 Å². The molecule has 2 aromatic heterocycles. The Morgan fingerprint density at radius 1 is 1.37 bits per heavy atom. The van der Waals surface area contributed by atoms with Crippen LogP contribution >= 0.6 is 11.6 Å². The minimum absolute atomic E-state index is 0.156. The fraction of sp³-hybridized carbons (Fsp3) is 0.238. The molecule has 1 fully saturated rings. The van der Waals surface area contributed by atoms with Gasteiger partial charge in [0, 0.05) is 29.5 Å². The molecule has 0 aliphatic heterocycles. The zero-order chi connectivity index (χ0) is 19.0. The standard InChI is InChI=1S/C21H17ClN4O/c1-2-12-3-4-24-10-17(12)13-5-14-8-20(25-11-18(14)19(22)7-13)26-21(27)16-6-15(16)9-23/h3-5,7-8,10-11,15-16H,2,6H2,1H3,(H,25,26,27). The molecule has 0 radical (unpaired) electrons. The summed E-state index contributed by atoms with van der Waals surface area (Å²) in [5, 5.41) is 14.0. The fourth-order valence-electron chi connectivity index (χ4n) is 3.28. The van der Waals surface area contributed by atoms with Crippen LogP contribution in [0.3, 0.4) is 0 Å². The topological polar surface area (TPSA) is 78.7 Å². The molecule has 2 atom stereocenters. The molecule has 1 N–H and O–H groups in total. The molecule has 1 saturated carbocycles. The van der Waals surface area contributed by atoms with Gasteiger partial charge in [-0.1, -0.05) is 18.5 Å². The maximum absolute atomic E-state index is 12.2. The van der Waals surface area contributed by atoms with E-state index in [0.29, 0.717) is 17.3 Å². The summed E-state index contributed by atoms with van der Waals surface area (Å²) in [7, 11) is 0. The van der Waals surface area contributed by atoms with Crippen LogP contribution < -0.4 is 5.32 Å². The summed E-state index contributed by atoms with van der Waals surface area (Å²) >= 11 is 6.48. The van der Waals surface area contributed by atoms with Gasteiger partial charge in [0.1, 0.15) is 5.82 Å². The van der Waals surface area contributed by atoms with Crippen molar-refractivity contribution in [3.05, 3.63) is 53.4 Å². The van der Waals surface area contributed by atoms with Crippen molar-refractivity contribution in [3.8, 4) is 17.2 Å². The zero-order valence-corrected chi connectivity index (χ0v) is 15.5. The molecule has 2 heterocycles. The second-order valence-electron chi connectivity index (χ2n) is 6.70. The van der Waals surface area contributed by atoms with E-state index in [9.17, 15) is 4.79 Å². The summed E-state index contributed by atoms with van der Waals surface area (Å²) in [4.78, 5) is 20.7. The number of hydrogen-bond acceptors (Lipinski definition) is 4. The predicted molar refractivity (Wildman–Crippen MR) is 105 cm³/mol. The third-order valence-corrected chi connectivity index (χ3v) is 5.25. The number of anilines is 1. The lowest BCUT2D eigenvalue weighted by Gasteiger charge is -2.11. The van der Waals surface area contributed by atoms with Gasteiger partial charge in [-0.05, 0) is 53.6 Å². The number of nitrogens with one attached hydrogen (secondary N) is 1. The number of aryl methyl sites for hydroxylation is 1. The van der Waals surface area contributed by atoms with E-state index >= 15 is 0 Å². The Bertz CT molecular complexity index is 1090. The SMILES string of the molecule is CCc1ccncc1-c1cc(Cl)c2cnc(NC(=O)C3CC3C#N)cc2c1. The summed E-state index contributed by atoms with van der Waals surface area (Å²) in [5.74, 6) is -0.100. The normalized spacial score (nSPS) is 18.1. The van der Waals surface area contributed by atoms with Crippen molar-refractivity contribution in [3.63, 3.8) is 0 Å². The summed E-state index contributed by atoms with van der Waals surface area (Å²) in [6.07, 6.45) is 6.80. The van der Waals surface area contributed by atoms with E-state index in [-0.39, 0.29) is 17.7 Å². The summed E-state index contributed by atoms with van der Waals surface area (Å²) in [6.45, 7) is 2.10. The van der Waals surface area contributed by atoms with Crippen molar-refractivity contribution in [2.24, 2.45) is 11.8 Å². The van der Waals surface area contributed by atoms with E-state index in [4.69, 9.17) is 16.9 Å². The first-order chi connectivity index (χ1) is 13.1. The van der Waals surface area contributed by atoms with Gasteiger partial charge in [-0.2, -0.15) is 5.26 Å². The first-order valence-corrected chi connectivity index (χ1v) is 9.21. The van der Waals surface area contributed by atoms with Crippen molar-refractivity contribution in [2.45, 2.75) is 19.8 Å². The van der Waals surface area contributed by atoms with Gasteiger partial charge in [-0.15, -0.1) is 0 Å². The Morgan fingerprint density at radius 2 is 2.22 bits per heavy atom. The first-order valence-electron chi connectivity index (χ1n) is 8.83. The summed E-state index contributed by atoms with van der Waals surface area (Å²) < 4.78 is 0. The third-order valence-electron chi connectivity index (χ3n) is 4.93. The molecule has 6 heteroatoms. The molecule has 3 aromatic rings. The molecule has 0 bridgehead atoms. The number of carbonyl (C=O) groups excluding carboxylic acids is 1. The van der Waals surface area contributed by atoms with Gasteiger partial charge in [-0.25, -0.2) is 4.98 Å². The molecule has 27 heavy (non-hydrogen) atoms. The molecule has 5 nitrogen and oxygen atoms in total. The lowest BCUT2D eigenvalue weighted by atomic mass is 9.98. The van der Waals surface area contributed by atoms with E-state index in [1.807, 2.05) is 30.5 Å². The number of halogens is 1. The fourth-order valence-corrected chi connectivity index (χ4v) is 3.55. The molecule has 0 spiro atoms. The lowest BCUT2D eigenvalue weighted by molar-refractivity contribution is -0.117. The Hall–Kier alpha value is -2.97. The summed E-state index contributed by atoms with van der Waals surface area (Å²) in [6, 6.07) is 9.90. The highest BCUT2D eigenvalue weighted by molar-refractivity contribution is 6.36. The largest absolute Gasteiger partial charge is 0.310 e. The van der Waals surface area contributed by atoms with Gasteiger partial charge in [0.15, 0.2) is 0 Å². The lowest BCUT2D eigenvalue weighted by Crippen LogP contribution is -2.15. The monoisotopic (exact) mass is 376 g/mol. The van der Waals surface area contributed by atoms with Crippen LogP contribution in [0, 0.1) is 23.2 Å². The molecule has 1 aliphatic carbocycles. The molecule has 1 aliphatic rings. The molecule has 134 valence electrons. The highest BCUT2D eigenvalue weighted by Crippen LogP contribution is 2.38. The highest BCUT2D eigenvalue weighted by Gasteiger charge is 2.43. The van der Waals surface area contributed by atoms with Crippen LogP contribution in [-0.4, -0.2) is 15.9 Å². The van der Waals surface area contributed by atoms with E-state index < -0.39 is 0 Å². The van der Waals surface area contributed by atoms with E-state index in [1.54, 1.807) is 12.4 Å². The molecular formula is C21H17ClN4O. The molecule has 0 saturated heterocycles. The van der Waals surface area contributed by atoms with Crippen molar-refractivity contribution >= 4 is 34.1 Å². The van der Waals surface area contributed by atoms with Crippen LogP contribution in [0.5, 0.6) is 0 Å². The number of fused-ring (bicyclic) bond motifs is 1. The van der Waals surface area contributed by atoms with Crippen LogP contribution in [0.25, 0.3) is 21.9 Å². The third kappa shape index (κ3) is 3.36. The second kappa shape index (κ2) is 6.98. The average Bonchev–Trinajstić information content (AvgIpc) is 3.47. The molecular weight excluding hydrogens is 360 g/mol. The number of nitriles is 1. The Morgan fingerprint density at radius 3 is 2.96 bits per heavy atom. The van der Waals surface area contributed by atoms with Crippen LogP contribution in [0.2, 0.25) is 5.02 Å². The van der Waals surface area contributed by atoms with Crippen LogP contribution in [0.1, 0.15) is 18.9 Å². The highest BCUT2D eigenvalue weighted by atomic mass is 35.5. The van der Waals surface area contributed by atoms with Crippen molar-refractivity contribution in [1.82, 2.24) is 9.97 Å². The molecule has 1 amide bonds. The first kappa shape index (κ1) is 17.4. The van der Waals surface area contributed by atoms with Gasteiger partial charge >= 0.3 is 0 Å². The smallest absolute Gasteiger partial charge is 0.230 e. The van der Waals surface area contributed by atoms with E-state index in [2.05, 4.69) is 28.3 Å². The van der Waals surface area contributed by atoms with E-state index in [1.165, 1.54) is 5.56 Å². The average molecular weight is 377 g/mol. The second-order valence-corrected chi connectivity index (χ2v) is 7.11. The number of nitrogens with zero attached hydrogens (tertiary/aromatic N) is 3. The number of rotatable bonds is 4. The number of aromatic nitrogens is 2. The maximum Gasteiger partial charge on any atom is 0.230 e. The number of pyridine rings is 2.